The minimum Gasteiger partial charge on any atom is -0.341 e. The van der Waals surface area contributed by atoms with Crippen LogP contribution in [0.1, 0.15) is 24.8 Å². The van der Waals surface area contributed by atoms with Crippen molar-refractivity contribution in [1.82, 2.24) is 9.47 Å². The molecule has 1 amide bonds. The number of aryl methyl sites for hydroxylation is 1. The molecule has 1 saturated heterocycles. The Hall–Kier alpha value is -1.58. The van der Waals surface area contributed by atoms with Crippen LogP contribution in [0.25, 0.3) is 0 Å². The highest BCUT2D eigenvalue weighted by Crippen LogP contribution is 2.09. The zero-order chi connectivity index (χ0) is 12.3. The number of aromatic nitrogens is 1. The van der Waals surface area contributed by atoms with E-state index in [1.807, 2.05) is 11.8 Å². The van der Waals surface area contributed by atoms with Crippen molar-refractivity contribution in [3.8, 4) is 0 Å². The van der Waals surface area contributed by atoms with E-state index in [4.69, 9.17) is 0 Å². The SMILES string of the molecule is Cc1ccc(=O)n(CC(=O)N2CCCCC2)c1. The second-order valence-corrected chi connectivity index (χ2v) is 4.61. The summed E-state index contributed by atoms with van der Waals surface area (Å²) in [4.78, 5) is 25.4. The van der Waals surface area contributed by atoms with E-state index < -0.39 is 0 Å². The van der Waals surface area contributed by atoms with Crippen LogP contribution in [0.4, 0.5) is 0 Å². The van der Waals surface area contributed by atoms with E-state index in [-0.39, 0.29) is 18.0 Å². The average Bonchev–Trinajstić information content (AvgIpc) is 2.35. The lowest BCUT2D eigenvalue weighted by molar-refractivity contribution is -0.132. The molecular formula is C13H18N2O2. The predicted octanol–water partition coefficient (Wildman–Crippen LogP) is 1.17. The fourth-order valence-corrected chi connectivity index (χ4v) is 2.16. The van der Waals surface area contributed by atoms with Gasteiger partial charge in [0.25, 0.3) is 5.56 Å². The Kier molecular flexibility index (Phi) is 3.61. The molecule has 0 spiro atoms. The summed E-state index contributed by atoms with van der Waals surface area (Å²) in [5.74, 6) is 0.0531. The van der Waals surface area contributed by atoms with Gasteiger partial charge in [-0.2, -0.15) is 0 Å². The van der Waals surface area contributed by atoms with Gasteiger partial charge in [-0.25, -0.2) is 0 Å². The Bertz CT molecular complexity index is 459. The molecule has 2 heterocycles. The molecule has 2 rings (SSSR count). The number of hydrogen-bond donors (Lipinski definition) is 0. The van der Waals surface area contributed by atoms with Crippen molar-refractivity contribution in [2.75, 3.05) is 13.1 Å². The summed E-state index contributed by atoms with van der Waals surface area (Å²) >= 11 is 0. The number of carbonyl (C=O) groups is 1. The molecule has 1 aliphatic heterocycles. The number of pyridine rings is 1. The minimum absolute atomic E-state index is 0.0531. The molecule has 92 valence electrons. The van der Waals surface area contributed by atoms with Gasteiger partial charge in [0.1, 0.15) is 6.54 Å². The Morgan fingerprint density at radius 2 is 1.94 bits per heavy atom. The predicted molar refractivity (Wildman–Crippen MR) is 65.9 cm³/mol. The van der Waals surface area contributed by atoms with Crippen molar-refractivity contribution in [1.29, 1.82) is 0 Å². The van der Waals surface area contributed by atoms with Crippen LogP contribution in [0.2, 0.25) is 0 Å². The van der Waals surface area contributed by atoms with Gasteiger partial charge in [0.2, 0.25) is 5.91 Å². The van der Waals surface area contributed by atoms with E-state index in [2.05, 4.69) is 0 Å². The van der Waals surface area contributed by atoms with Crippen LogP contribution in [0.15, 0.2) is 23.1 Å². The normalized spacial score (nSPS) is 15.9. The van der Waals surface area contributed by atoms with E-state index >= 15 is 0 Å². The maximum Gasteiger partial charge on any atom is 0.251 e. The van der Waals surface area contributed by atoms with Crippen molar-refractivity contribution in [2.24, 2.45) is 0 Å². The molecule has 0 aliphatic carbocycles. The second kappa shape index (κ2) is 5.17. The number of rotatable bonds is 2. The number of hydrogen-bond acceptors (Lipinski definition) is 2. The second-order valence-electron chi connectivity index (χ2n) is 4.61. The molecule has 1 fully saturated rings. The van der Waals surface area contributed by atoms with Crippen LogP contribution in [-0.4, -0.2) is 28.5 Å². The Balaban J connectivity index is 2.07. The number of amides is 1. The van der Waals surface area contributed by atoms with Crippen LogP contribution < -0.4 is 5.56 Å². The van der Waals surface area contributed by atoms with Gasteiger partial charge in [-0.1, -0.05) is 6.07 Å². The molecule has 1 aromatic heterocycles. The van der Waals surface area contributed by atoms with Gasteiger partial charge in [0.15, 0.2) is 0 Å². The van der Waals surface area contributed by atoms with Crippen LogP contribution in [0.3, 0.4) is 0 Å². The summed E-state index contributed by atoms with van der Waals surface area (Å²) in [6, 6.07) is 3.28. The molecule has 4 nitrogen and oxygen atoms in total. The molecule has 4 heteroatoms. The van der Waals surface area contributed by atoms with Gasteiger partial charge in [-0.05, 0) is 31.7 Å². The van der Waals surface area contributed by atoms with Gasteiger partial charge >= 0.3 is 0 Å². The topological polar surface area (TPSA) is 42.3 Å². The largest absolute Gasteiger partial charge is 0.341 e. The molecule has 0 radical (unpaired) electrons. The first kappa shape index (κ1) is 11.9. The number of likely N-dealkylation sites (tertiary alicyclic amines) is 1. The standard InChI is InChI=1S/C13H18N2O2/c1-11-5-6-12(16)15(9-11)10-13(17)14-7-3-2-4-8-14/h5-6,9H,2-4,7-8,10H2,1H3. The van der Waals surface area contributed by atoms with Crippen LogP contribution in [-0.2, 0) is 11.3 Å². The zero-order valence-electron chi connectivity index (χ0n) is 10.2. The maximum absolute atomic E-state index is 12.0. The van der Waals surface area contributed by atoms with Gasteiger partial charge in [-0.15, -0.1) is 0 Å². The fraction of sp³-hybridized carbons (Fsp3) is 0.538. The molecule has 0 saturated carbocycles. The summed E-state index contributed by atoms with van der Waals surface area (Å²) in [7, 11) is 0. The van der Waals surface area contributed by atoms with E-state index in [1.165, 1.54) is 17.1 Å². The number of carbonyl (C=O) groups excluding carboxylic acids is 1. The third-order valence-electron chi connectivity index (χ3n) is 3.15. The van der Waals surface area contributed by atoms with Crippen LogP contribution >= 0.6 is 0 Å². The van der Waals surface area contributed by atoms with Gasteiger partial charge < -0.3 is 9.47 Å². The van der Waals surface area contributed by atoms with Crippen molar-refractivity contribution >= 4 is 5.91 Å². The molecule has 0 unspecified atom stereocenters. The first-order chi connectivity index (χ1) is 8.16. The number of piperidine rings is 1. The summed E-state index contributed by atoms with van der Waals surface area (Å²) in [5, 5.41) is 0. The highest BCUT2D eigenvalue weighted by atomic mass is 16.2. The monoisotopic (exact) mass is 234 g/mol. The smallest absolute Gasteiger partial charge is 0.251 e. The van der Waals surface area contributed by atoms with E-state index in [0.29, 0.717) is 0 Å². The molecule has 0 atom stereocenters. The highest BCUT2D eigenvalue weighted by Gasteiger charge is 2.16. The highest BCUT2D eigenvalue weighted by molar-refractivity contribution is 5.76. The van der Waals surface area contributed by atoms with Crippen LogP contribution in [0, 0.1) is 6.92 Å². The van der Waals surface area contributed by atoms with Crippen molar-refractivity contribution in [3.63, 3.8) is 0 Å². The van der Waals surface area contributed by atoms with Gasteiger partial charge in [0.05, 0.1) is 0 Å². The third-order valence-corrected chi connectivity index (χ3v) is 3.15. The van der Waals surface area contributed by atoms with E-state index in [9.17, 15) is 9.59 Å². The average molecular weight is 234 g/mol. The Morgan fingerprint density at radius 1 is 1.24 bits per heavy atom. The summed E-state index contributed by atoms with van der Waals surface area (Å²) in [6.07, 6.45) is 5.10. The van der Waals surface area contributed by atoms with E-state index in [1.54, 1.807) is 12.3 Å². The maximum atomic E-state index is 12.0. The summed E-state index contributed by atoms with van der Waals surface area (Å²) in [6.45, 7) is 3.75. The summed E-state index contributed by atoms with van der Waals surface area (Å²) in [5.41, 5.74) is 0.886. The minimum atomic E-state index is -0.110. The molecule has 1 aromatic rings. The third kappa shape index (κ3) is 2.96. The van der Waals surface area contributed by atoms with Crippen LogP contribution in [0.5, 0.6) is 0 Å². The lowest BCUT2D eigenvalue weighted by atomic mass is 10.1. The molecule has 17 heavy (non-hydrogen) atoms. The Labute approximate surface area is 101 Å². The lowest BCUT2D eigenvalue weighted by Gasteiger charge is -2.26. The molecule has 0 aromatic carbocycles. The van der Waals surface area contributed by atoms with E-state index in [0.717, 1.165) is 31.5 Å². The number of nitrogens with zero attached hydrogens (tertiary/aromatic N) is 2. The lowest BCUT2D eigenvalue weighted by Crippen LogP contribution is -2.39. The first-order valence-electron chi connectivity index (χ1n) is 6.12. The van der Waals surface area contributed by atoms with Gasteiger partial charge in [-0.3, -0.25) is 9.59 Å². The molecule has 0 N–H and O–H groups in total. The van der Waals surface area contributed by atoms with Crippen molar-refractivity contribution in [3.05, 3.63) is 34.2 Å². The zero-order valence-corrected chi connectivity index (χ0v) is 10.2. The molecule has 1 aliphatic rings. The van der Waals surface area contributed by atoms with Crippen molar-refractivity contribution < 1.29 is 4.79 Å². The first-order valence-corrected chi connectivity index (χ1v) is 6.12. The fourth-order valence-electron chi connectivity index (χ4n) is 2.16. The quantitative estimate of drug-likeness (QED) is 0.771. The Morgan fingerprint density at radius 3 is 2.65 bits per heavy atom. The summed E-state index contributed by atoms with van der Waals surface area (Å²) < 4.78 is 1.49. The molecule has 0 bridgehead atoms. The van der Waals surface area contributed by atoms with Gasteiger partial charge in [0, 0.05) is 25.4 Å². The van der Waals surface area contributed by atoms with Crippen molar-refractivity contribution in [2.45, 2.75) is 32.7 Å². The molecular weight excluding hydrogens is 216 g/mol.